The molecule has 1 aliphatic heterocycles. The Labute approximate surface area is 257 Å². The van der Waals surface area contributed by atoms with Gasteiger partial charge in [-0.1, -0.05) is 24.0 Å². The molecule has 2 aromatic carbocycles. The maximum atomic E-state index is 14.2. The van der Waals surface area contributed by atoms with E-state index < -0.39 is 6.04 Å². The number of halogens is 1. The number of rotatable bonds is 11. The number of thiazole rings is 1. The number of benzene rings is 2. The molecule has 1 amide bonds. The Balaban J connectivity index is 1.98. The van der Waals surface area contributed by atoms with Gasteiger partial charge in [0, 0.05) is 18.7 Å². The van der Waals surface area contributed by atoms with E-state index in [1.807, 2.05) is 19.9 Å². The molecule has 0 bridgehead atoms. The lowest BCUT2D eigenvalue weighted by atomic mass is 9.93. The van der Waals surface area contributed by atoms with Crippen molar-refractivity contribution in [3.63, 3.8) is 0 Å². The number of carbonyl (C=O) groups excluding carboxylic acids is 1. The minimum atomic E-state index is -0.780. The van der Waals surface area contributed by atoms with E-state index in [0.29, 0.717) is 73.3 Å². The summed E-state index contributed by atoms with van der Waals surface area (Å²) in [6, 6.07) is 8.23. The number of allylic oxidation sites excluding steroid dienone is 1. The first kappa shape index (κ1) is 31.1. The number of ether oxygens (including phenoxy) is 4. The maximum absolute atomic E-state index is 14.2. The average molecular weight is 657 g/mol. The van der Waals surface area contributed by atoms with Gasteiger partial charge in [-0.05, 0) is 78.7 Å². The summed E-state index contributed by atoms with van der Waals surface area (Å²) in [7, 11) is 4.68. The number of aromatic nitrogens is 1. The summed E-state index contributed by atoms with van der Waals surface area (Å²) in [6.07, 6.45) is 3.43. The van der Waals surface area contributed by atoms with Gasteiger partial charge < -0.3 is 23.8 Å². The summed E-state index contributed by atoms with van der Waals surface area (Å²) in [5.41, 5.74) is 2.02. The van der Waals surface area contributed by atoms with Crippen LogP contribution in [-0.2, 0) is 4.79 Å². The van der Waals surface area contributed by atoms with Crippen LogP contribution in [0.15, 0.2) is 68.5 Å². The number of likely N-dealkylation sites (N-methyl/N-ethyl adjacent to an activating group) is 1. The van der Waals surface area contributed by atoms with Crippen LogP contribution in [0.3, 0.4) is 0 Å². The second kappa shape index (κ2) is 13.4. The van der Waals surface area contributed by atoms with E-state index in [9.17, 15) is 9.59 Å². The highest BCUT2D eigenvalue weighted by Gasteiger charge is 2.36. The van der Waals surface area contributed by atoms with Crippen molar-refractivity contribution in [1.82, 2.24) is 9.47 Å². The fraction of sp³-hybridized carbons (Fsp3) is 0.323. The zero-order valence-corrected chi connectivity index (χ0v) is 26.9. The molecular weight excluding hydrogens is 622 g/mol. The number of carbonyl (C=O) groups is 1. The summed E-state index contributed by atoms with van der Waals surface area (Å²) in [4.78, 5) is 35.1. The molecule has 0 spiro atoms. The van der Waals surface area contributed by atoms with Crippen molar-refractivity contribution in [1.29, 1.82) is 0 Å². The molecule has 0 saturated heterocycles. The first-order valence-electron chi connectivity index (χ1n) is 13.4. The molecule has 9 nitrogen and oxygen atoms in total. The number of nitrogens with zero attached hydrogens (tertiary/aromatic N) is 3. The predicted molar refractivity (Wildman–Crippen MR) is 168 cm³/mol. The Morgan fingerprint density at radius 3 is 2.45 bits per heavy atom. The lowest BCUT2D eigenvalue weighted by Gasteiger charge is -2.30. The van der Waals surface area contributed by atoms with Crippen LogP contribution in [0, 0.1) is 0 Å². The largest absolute Gasteiger partial charge is 0.497 e. The molecule has 2 heterocycles. The number of hydrogen-bond donors (Lipinski definition) is 0. The van der Waals surface area contributed by atoms with Gasteiger partial charge in [0.15, 0.2) is 16.3 Å². The van der Waals surface area contributed by atoms with Crippen LogP contribution in [0.5, 0.6) is 23.0 Å². The monoisotopic (exact) mass is 655 g/mol. The third kappa shape index (κ3) is 5.89. The molecule has 3 aromatic rings. The Bertz CT molecular complexity index is 1720. The Morgan fingerprint density at radius 2 is 1.83 bits per heavy atom. The van der Waals surface area contributed by atoms with Crippen molar-refractivity contribution in [2.75, 3.05) is 41.0 Å². The summed E-state index contributed by atoms with van der Waals surface area (Å²) in [6.45, 7) is 10.7. The molecule has 1 aromatic heterocycles. The smallest absolute Gasteiger partial charge is 0.271 e. The molecule has 0 saturated carbocycles. The summed E-state index contributed by atoms with van der Waals surface area (Å²) in [5.74, 6) is 1.96. The standard InChI is InChI=1S/C31H34BrN3O6S/c1-8-13-41-28-22(32)14-19(15-24(28)40-7)16-25-29(36)35-27(21-17-20(38-5)11-12-23(21)39-6)26(18(4)33-31(35)42-25)30(37)34(9-2)10-3/h8,11-12,14-17,27H,1,9-10,13H2,2-7H3/b25-16+/t27-/m1/s1. The number of fused-ring (bicyclic) bond motifs is 1. The fourth-order valence-electron chi connectivity index (χ4n) is 4.88. The van der Waals surface area contributed by atoms with Crippen LogP contribution in [0.4, 0.5) is 0 Å². The van der Waals surface area contributed by atoms with Gasteiger partial charge in [0.1, 0.15) is 24.1 Å². The molecule has 0 aliphatic carbocycles. The van der Waals surface area contributed by atoms with E-state index in [4.69, 9.17) is 23.9 Å². The molecule has 0 radical (unpaired) electrons. The van der Waals surface area contributed by atoms with Gasteiger partial charge in [0.05, 0.1) is 41.6 Å². The van der Waals surface area contributed by atoms with Gasteiger partial charge in [-0.2, -0.15) is 0 Å². The van der Waals surface area contributed by atoms with E-state index in [1.54, 1.807) is 74.1 Å². The average Bonchev–Trinajstić information content (AvgIpc) is 3.29. The normalized spacial score (nSPS) is 14.6. The zero-order chi connectivity index (χ0) is 30.6. The third-order valence-electron chi connectivity index (χ3n) is 6.93. The van der Waals surface area contributed by atoms with Crippen molar-refractivity contribution < 1.29 is 23.7 Å². The number of methoxy groups -OCH3 is 3. The van der Waals surface area contributed by atoms with Crippen molar-refractivity contribution in [3.05, 3.63) is 89.5 Å². The van der Waals surface area contributed by atoms with Crippen molar-refractivity contribution in [2.45, 2.75) is 26.8 Å². The second-order valence-electron chi connectivity index (χ2n) is 9.30. The van der Waals surface area contributed by atoms with E-state index in [0.717, 1.165) is 5.56 Å². The van der Waals surface area contributed by atoms with Crippen LogP contribution >= 0.6 is 27.3 Å². The molecule has 1 atom stereocenters. The molecule has 4 rings (SSSR count). The maximum Gasteiger partial charge on any atom is 0.271 e. The molecule has 222 valence electrons. The summed E-state index contributed by atoms with van der Waals surface area (Å²) < 4.78 is 25.2. The zero-order valence-electron chi connectivity index (χ0n) is 24.5. The molecule has 1 aliphatic rings. The minimum Gasteiger partial charge on any atom is -0.497 e. The second-order valence-corrected chi connectivity index (χ2v) is 11.2. The topological polar surface area (TPSA) is 91.6 Å². The summed E-state index contributed by atoms with van der Waals surface area (Å²) in [5, 5.41) is 0. The molecule has 11 heteroatoms. The van der Waals surface area contributed by atoms with Gasteiger partial charge in [-0.15, -0.1) is 0 Å². The quantitative estimate of drug-likeness (QED) is 0.284. The number of amides is 1. The van der Waals surface area contributed by atoms with Crippen LogP contribution in [-0.4, -0.2) is 56.4 Å². The van der Waals surface area contributed by atoms with Gasteiger partial charge in [0.25, 0.3) is 11.5 Å². The van der Waals surface area contributed by atoms with Gasteiger partial charge in [-0.3, -0.25) is 14.2 Å². The first-order chi connectivity index (χ1) is 20.2. The van der Waals surface area contributed by atoms with Crippen LogP contribution in [0.1, 0.15) is 37.9 Å². The Kier molecular flexibility index (Phi) is 9.95. The van der Waals surface area contributed by atoms with Crippen molar-refractivity contribution >= 4 is 39.2 Å². The fourth-order valence-corrected chi connectivity index (χ4v) is 6.50. The number of hydrogen-bond acceptors (Lipinski definition) is 8. The molecule has 0 N–H and O–H groups in total. The molecule has 42 heavy (non-hydrogen) atoms. The highest BCUT2D eigenvalue weighted by molar-refractivity contribution is 9.10. The van der Waals surface area contributed by atoms with Crippen LogP contribution in [0.25, 0.3) is 6.08 Å². The minimum absolute atomic E-state index is 0.186. The Morgan fingerprint density at radius 1 is 1.12 bits per heavy atom. The van der Waals surface area contributed by atoms with E-state index in [2.05, 4.69) is 22.5 Å². The highest BCUT2D eigenvalue weighted by atomic mass is 79.9. The Hall–Kier alpha value is -3.83. The molecular formula is C31H34BrN3O6S. The predicted octanol–water partition coefficient (Wildman–Crippen LogP) is 4.46. The SMILES string of the molecule is C=CCOc1c(Br)cc(/C=c2/sc3n(c2=O)[C@H](c2cc(OC)ccc2OC)C(C(=O)N(CC)CC)=C(C)N=3)cc1OC. The lowest BCUT2D eigenvalue weighted by molar-refractivity contribution is -0.127. The highest BCUT2D eigenvalue weighted by Crippen LogP contribution is 2.39. The van der Waals surface area contributed by atoms with Crippen LogP contribution in [0.2, 0.25) is 0 Å². The van der Waals surface area contributed by atoms with E-state index >= 15 is 0 Å². The lowest BCUT2D eigenvalue weighted by Crippen LogP contribution is -2.43. The van der Waals surface area contributed by atoms with Crippen molar-refractivity contribution in [3.8, 4) is 23.0 Å². The van der Waals surface area contributed by atoms with Gasteiger partial charge in [-0.25, -0.2) is 4.99 Å². The van der Waals surface area contributed by atoms with Crippen LogP contribution < -0.4 is 33.8 Å². The van der Waals surface area contributed by atoms with E-state index in [1.165, 1.54) is 11.3 Å². The molecule has 0 fully saturated rings. The van der Waals surface area contributed by atoms with Gasteiger partial charge in [0.2, 0.25) is 0 Å². The molecule has 0 unspecified atom stereocenters. The third-order valence-corrected chi connectivity index (χ3v) is 8.50. The summed E-state index contributed by atoms with van der Waals surface area (Å²) >= 11 is 4.80. The van der Waals surface area contributed by atoms with Gasteiger partial charge >= 0.3 is 0 Å². The first-order valence-corrected chi connectivity index (χ1v) is 15.0. The van der Waals surface area contributed by atoms with Crippen molar-refractivity contribution in [2.24, 2.45) is 4.99 Å². The van der Waals surface area contributed by atoms with E-state index in [-0.39, 0.29) is 11.5 Å².